The van der Waals surface area contributed by atoms with Gasteiger partial charge in [-0.05, 0) is 34.8 Å². The quantitative estimate of drug-likeness (QED) is 0.762. The lowest BCUT2D eigenvalue weighted by Gasteiger charge is -2.11. The van der Waals surface area contributed by atoms with Crippen LogP contribution in [0.4, 0.5) is 4.39 Å². The van der Waals surface area contributed by atoms with Crippen LogP contribution in [0.3, 0.4) is 0 Å². The number of rotatable bonds is 6. The van der Waals surface area contributed by atoms with Crippen molar-refractivity contribution >= 4 is 24.3 Å². The normalized spacial score (nSPS) is 12.5. The van der Waals surface area contributed by atoms with E-state index in [1.54, 1.807) is 17.8 Å². The molecular weight excluding hydrogens is 238 g/mol. The van der Waals surface area contributed by atoms with E-state index in [1.807, 2.05) is 0 Å². The monoisotopic (exact) mass is 256 g/mol. The van der Waals surface area contributed by atoms with Gasteiger partial charge in [-0.3, -0.25) is 0 Å². The molecule has 0 fully saturated rings. The summed E-state index contributed by atoms with van der Waals surface area (Å²) in [6, 6.07) is 4.16. The Morgan fingerprint density at radius 2 is 2.12 bits per heavy atom. The molecule has 0 aliphatic carbocycles. The van der Waals surface area contributed by atoms with Crippen LogP contribution in [-0.4, -0.2) is 22.9 Å². The van der Waals surface area contributed by atoms with E-state index in [1.165, 1.54) is 12.1 Å². The Bertz CT molecular complexity index is 360. The molecule has 1 aromatic rings. The number of thioether (sulfide) groups is 1. The molecule has 1 atom stereocenters. The summed E-state index contributed by atoms with van der Waals surface area (Å²) in [4.78, 5) is 0. The van der Waals surface area contributed by atoms with E-state index in [0.29, 0.717) is 11.7 Å². The zero-order valence-electron chi connectivity index (χ0n) is 10.2. The average Bonchev–Trinajstić information content (AvgIpc) is 2.30. The van der Waals surface area contributed by atoms with Crippen molar-refractivity contribution in [2.75, 3.05) is 5.75 Å². The van der Waals surface area contributed by atoms with Gasteiger partial charge in [0.15, 0.2) is 0 Å². The van der Waals surface area contributed by atoms with Gasteiger partial charge >= 0.3 is 7.12 Å². The zero-order valence-corrected chi connectivity index (χ0v) is 11.0. The van der Waals surface area contributed by atoms with Crippen LogP contribution in [0.25, 0.3) is 0 Å². The SMILES string of the molecule is CCC(C)CSCc1ccc(F)cc1B(O)O. The van der Waals surface area contributed by atoms with Gasteiger partial charge in [0.25, 0.3) is 0 Å². The minimum atomic E-state index is -1.61. The highest BCUT2D eigenvalue weighted by atomic mass is 32.2. The van der Waals surface area contributed by atoms with Gasteiger partial charge in [-0.15, -0.1) is 0 Å². The van der Waals surface area contributed by atoms with E-state index in [4.69, 9.17) is 10.0 Å². The Hall–Kier alpha value is -0.515. The van der Waals surface area contributed by atoms with Gasteiger partial charge in [-0.25, -0.2) is 4.39 Å². The number of hydrogen-bond acceptors (Lipinski definition) is 3. The molecular formula is C12H18BFO2S. The summed E-state index contributed by atoms with van der Waals surface area (Å²) in [7, 11) is -1.61. The van der Waals surface area contributed by atoms with Gasteiger partial charge in [0.05, 0.1) is 0 Å². The predicted molar refractivity (Wildman–Crippen MR) is 71.8 cm³/mol. The fourth-order valence-corrected chi connectivity index (χ4v) is 2.66. The van der Waals surface area contributed by atoms with Gasteiger partial charge in [0.2, 0.25) is 0 Å². The molecule has 0 aromatic heterocycles. The Labute approximate surface area is 106 Å². The lowest BCUT2D eigenvalue weighted by atomic mass is 9.77. The summed E-state index contributed by atoms with van der Waals surface area (Å²) in [6.45, 7) is 4.32. The van der Waals surface area contributed by atoms with Crippen molar-refractivity contribution in [1.29, 1.82) is 0 Å². The molecule has 1 aromatic carbocycles. The molecule has 5 heteroatoms. The number of benzene rings is 1. The van der Waals surface area contributed by atoms with E-state index in [9.17, 15) is 4.39 Å². The van der Waals surface area contributed by atoms with Crippen LogP contribution in [0.15, 0.2) is 18.2 Å². The summed E-state index contributed by atoms with van der Waals surface area (Å²) in [5.74, 6) is 1.90. The van der Waals surface area contributed by atoms with Crippen LogP contribution in [0, 0.1) is 11.7 Å². The first-order valence-electron chi connectivity index (χ1n) is 5.76. The Kier molecular flexibility index (Phi) is 6.02. The molecule has 2 nitrogen and oxygen atoms in total. The Morgan fingerprint density at radius 3 is 2.71 bits per heavy atom. The molecule has 0 radical (unpaired) electrons. The van der Waals surface area contributed by atoms with Gasteiger partial charge in [0.1, 0.15) is 5.82 Å². The highest BCUT2D eigenvalue weighted by Crippen LogP contribution is 2.16. The molecule has 0 aliphatic heterocycles. The largest absolute Gasteiger partial charge is 0.488 e. The van der Waals surface area contributed by atoms with Gasteiger partial charge in [-0.2, -0.15) is 11.8 Å². The minimum Gasteiger partial charge on any atom is -0.423 e. The van der Waals surface area contributed by atoms with E-state index in [0.717, 1.165) is 17.7 Å². The third kappa shape index (κ3) is 4.70. The van der Waals surface area contributed by atoms with Crippen LogP contribution in [0.1, 0.15) is 25.8 Å². The maximum absolute atomic E-state index is 13.0. The molecule has 0 heterocycles. The topological polar surface area (TPSA) is 40.5 Å². The summed E-state index contributed by atoms with van der Waals surface area (Å²) < 4.78 is 13.0. The van der Waals surface area contributed by atoms with Crippen LogP contribution < -0.4 is 5.46 Å². The highest BCUT2D eigenvalue weighted by molar-refractivity contribution is 7.98. The average molecular weight is 256 g/mol. The van der Waals surface area contributed by atoms with Crippen LogP contribution >= 0.6 is 11.8 Å². The molecule has 17 heavy (non-hydrogen) atoms. The standard InChI is InChI=1S/C12H18BFO2S/c1-3-9(2)7-17-8-10-4-5-11(14)6-12(10)13(15)16/h4-6,9,15-16H,3,7-8H2,1-2H3. The van der Waals surface area contributed by atoms with Crippen molar-refractivity contribution in [3.63, 3.8) is 0 Å². The van der Waals surface area contributed by atoms with Gasteiger partial charge in [0, 0.05) is 5.75 Å². The van der Waals surface area contributed by atoms with E-state index in [2.05, 4.69) is 13.8 Å². The first kappa shape index (κ1) is 14.5. The summed E-state index contributed by atoms with van der Waals surface area (Å²) in [5, 5.41) is 18.3. The van der Waals surface area contributed by atoms with E-state index >= 15 is 0 Å². The van der Waals surface area contributed by atoms with Crippen molar-refractivity contribution < 1.29 is 14.4 Å². The third-order valence-electron chi connectivity index (χ3n) is 2.74. The van der Waals surface area contributed by atoms with Crippen molar-refractivity contribution in [2.45, 2.75) is 26.0 Å². The fourth-order valence-electron chi connectivity index (χ4n) is 1.43. The molecule has 0 amide bonds. The molecule has 2 N–H and O–H groups in total. The number of hydrogen-bond donors (Lipinski definition) is 2. The predicted octanol–water partition coefficient (Wildman–Crippen LogP) is 1.78. The fraction of sp³-hybridized carbons (Fsp3) is 0.500. The van der Waals surface area contributed by atoms with Crippen molar-refractivity contribution in [1.82, 2.24) is 0 Å². The van der Waals surface area contributed by atoms with Crippen LogP contribution in [-0.2, 0) is 5.75 Å². The molecule has 0 bridgehead atoms. The Balaban J connectivity index is 2.64. The first-order valence-corrected chi connectivity index (χ1v) is 6.92. The number of halogens is 1. The summed E-state index contributed by atoms with van der Waals surface area (Å²) in [5.41, 5.74) is 1.05. The highest BCUT2D eigenvalue weighted by Gasteiger charge is 2.16. The molecule has 1 unspecified atom stereocenters. The molecule has 0 saturated carbocycles. The smallest absolute Gasteiger partial charge is 0.423 e. The summed E-state index contributed by atoms with van der Waals surface area (Å²) in [6.07, 6.45) is 1.13. The molecule has 1 rings (SSSR count). The van der Waals surface area contributed by atoms with Gasteiger partial charge < -0.3 is 10.0 Å². The van der Waals surface area contributed by atoms with Crippen molar-refractivity contribution in [2.24, 2.45) is 5.92 Å². The second kappa shape index (κ2) is 7.04. The van der Waals surface area contributed by atoms with Crippen molar-refractivity contribution in [3.05, 3.63) is 29.6 Å². The maximum Gasteiger partial charge on any atom is 0.488 e. The van der Waals surface area contributed by atoms with E-state index < -0.39 is 12.9 Å². The van der Waals surface area contributed by atoms with Crippen molar-refractivity contribution in [3.8, 4) is 0 Å². The zero-order chi connectivity index (χ0) is 12.8. The van der Waals surface area contributed by atoms with E-state index in [-0.39, 0.29) is 5.46 Å². The first-order chi connectivity index (χ1) is 8.04. The maximum atomic E-state index is 13.0. The summed E-state index contributed by atoms with van der Waals surface area (Å²) >= 11 is 1.73. The Morgan fingerprint density at radius 1 is 1.41 bits per heavy atom. The minimum absolute atomic E-state index is 0.265. The second-order valence-corrected chi connectivity index (χ2v) is 5.28. The molecule has 94 valence electrons. The van der Waals surface area contributed by atoms with Gasteiger partial charge in [-0.1, -0.05) is 26.3 Å². The second-order valence-electron chi connectivity index (χ2n) is 4.25. The lowest BCUT2D eigenvalue weighted by Crippen LogP contribution is -2.33. The van der Waals surface area contributed by atoms with Crippen LogP contribution in [0.5, 0.6) is 0 Å². The van der Waals surface area contributed by atoms with Crippen LogP contribution in [0.2, 0.25) is 0 Å². The molecule has 0 aliphatic rings. The third-order valence-corrected chi connectivity index (χ3v) is 4.06. The molecule has 0 spiro atoms. The lowest BCUT2D eigenvalue weighted by molar-refractivity contribution is 0.425. The molecule has 0 saturated heterocycles.